The SMILES string of the molecule is CCNC(C)C(CC)c1nc(CC)no1. The van der Waals surface area contributed by atoms with Crippen LogP contribution in [0.3, 0.4) is 0 Å². The molecule has 4 nitrogen and oxygen atoms in total. The van der Waals surface area contributed by atoms with Gasteiger partial charge >= 0.3 is 0 Å². The monoisotopic (exact) mass is 211 g/mol. The van der Waals surface area contributed by atoms with Crippen molar-refractivity contribution in [2.75, 3.05) is 6.54 Å². The van der Waals surface area contributed by atoms with Gasteiger partial charge in [-0.1, -0.05) is 25.9 Å². The number of nitrogens with zero attached hydrogens (tertiary/aromatic N) is 2. The first kappa shape index (κ1) is 12.2. The molecule has 15 heavy (non-hydrogen) atoms. The summed E-state index contributed by atoms with van der Waals surface area (Å²) in [6.45, 7) is 9.41. The Morgan fingerprint density at radius 3 is 2.53 bits per heavy atom. The van der Waals surface area contributed by atoms with E-state index in [0.717, 1.165) is 31.1 Å². The first-order valence-electron chi connectivity index (χ1n) is 5.78. The largest absolute Gasteiger partial charge is 0.339 e. The Labute approximate surface area is 91.5 Å². The van der Waals surface area contributed by atoms with E-state index in [1.54, 1.807) is 0 Å². The third-order valence-electron chi connectivity index (χ3n) is 2.69. The van der Waals surface area contributed by atoms with Gasteiger partial charge in [0.25, 0.3) is 0 Å². The van der Waals surface area contributed by atoms with Gasteiger partial charge in [-0.15, -0.1) is 0 Å². The summed E-state index contributed by atoms with van der Waals surface area (Å²) in [4.78, 5) is 4.39. The van der Waals surface area contributed by atoms with Crippen LogP contribution in [0.5, 0.6) is 0 Å². The zero-order chi connectivity index (χ0) is 11.3. The number of likely N-dealkylation sites (N-methyl/N-ethyl adjacent to an activating group) is 1. The molecule has 0 saturated carbocycles. The number of aryl methyl sites for hydroxylation is 1. The Bertz CT molecular complexity index is 285. The van der Waals surface area contributed by atoms with Crippen molar-refractivity contribution >= 4 is 0 Å². The number of aromatic nitrogens is 2. The van der Waals surface area contributed by atoms with Gasteiger partial charge < -0.3 is 9.84 Å². The molecule has 0 radical (unpaired) electrons. The van der Waals surface area contributed by atoms with Crippen LogP contribution in [0.25, 0.3) is 0 Å². The molecule has 0 fully saturated rings. The molecule has 1 rings (SSSR count). The van der Waals surface area contributed by atoms with Gasteiger partial charge in [0.15, 0.2) is 5.82 Å². The molecule has 0 aromatic carbocycles. The van der Waals surface area contributed by atoms with Crippen molar-refractivity contribution in [2.24, 2.45) is 0 Å². The van der Waals surface area contributed by atoms with Gasteiger partial charge in [0.2, 0.25) is 5.89 Å². The summed E-state index contributed by atoms with van der Waals surface area (Å²) in [5, 5.41) is 7.33. The highest BCUT2D eigenvalue weighted by molar-refractivity contribution is 4.97. The van der Waals surface area contributed by atoms with E-state index in [1.807, 2.05) is 6.92 Å². The molecule has 4 heteroatoms. The molecule has 0 aliphatic heterocycles. The van der Waals surface area contributed by atoms with Gasteiger partial charge in [-0.25, -0.2) is 0 Å². The second-order valence-corrected chi connectivity index (χ2v) is 3.76. The van der Waals surface area contributed by atoms with E-state index in [4.69, 9.17) is 4.52 Å². The van der Waals surface area contributed by atoms with E-state index in [1.165, 1.54) is 0 Å². The van der Waals surface area contributed by atoms with Crippen LogP contribution in [0.4, 0.5) is 0 Å². The van der Waals surface area contributed by atoms with Crippen LogP contribution >= 0.6 is 0 Å². The van der Waals surface area contributed by atoms with Crippen molar-refractivity contribution < 1.29 is 4.52 Å². The van der Waals surface area contributed by atoms with Gasteiger partial charge in [-0.3, -0.25) is 0 Å². The van der Waals surface area contributed by atoms with Crippen molar-refractivity contribution in [1.29, 1.82) is 0 Å². The molecule has 86 valence electrons. The number of hydrogen-bond donors (Lipinski definition) is 1. The fourth-order valence-electron chi connectivity index (χ4n) is 1.77. The van der Waals surface area contributed by atoms with Crippen LogP contribution in [-0.2, 0) is 6.42 Å². The maximum Gasteiger partial charge on any atom is 0.231 e. The Balaban J connectivity index is 2.72. The highest BCUT2D eigenvalue weighted by Gasteiger charge is 2.22. The van der Waals surface area contributed by atoms with Crippen molar-refractivity contribution in [3.05, 3.63) is 11.7 Å². The van der Waals surface area contributed by atoms with E-state index < -0.39 is 0 Å². The standard InChI is InChI=1S/C11H21N3O/c1-5-9(8(4)12-7-3)11-13-10(6-2)14-15-11/h8-9,12H,5-7H2,1-4H3. The molecule has 0 amide bonds. The topological polar surface area (TPSA) is 51.0 Å². The summed E-state index contributed by atoms with van der Waals surface area (Å²) in [5.74, 6) is 1.88. The molecule has 1 aromatic rings. The number of rotatable bonds is 6. The fourth-order valence-corrected chi connectivity index (χ4v) is 1.77. The van der Waals surface area contributed by atoms with Crippen LogP contribution in [0.15, 0.2) is 4.52 Å². The first-order valence-corrected chi connectivity index (χ1v) is 5.78. The van der Waals surface area contributed by atoms with Crippen LogP contribution in [0, 0.1) is 0 Å². The third-order valence-corrected chi connectivity index (χ3v) is 2.69. The minimum Gasteiger partial charge on any atom is -0.339 e. The number of nitrogens with one attached hydrogen (secondary N) is 1. The molecule has 0 bridgehead atoms. The minimum absolute atomic E-state index is 0.317. The molecule has 1 heterocycles. The summed E-state index contributed by atoms with van der Waals surface area (Å²) in [6, 6.07) is 0.380. The third kappa shape index (κ3) is 3.02. The lowest BCUT2D eigenvalue weighted by Gasteiger charge is -2.19. The molecule has 1 aromatic heterocycles. The second-order valence-electron chi connectivity index (χ2n) is 3.76. The van der Waals surface area contributed by atoms with Crippen LogP contribution < -0.4 is 5.32 Å². The van der Waals surface area contributed by atoms with Crippen LogP contribution in [0.2, 0.25) is 0 Å². The molecule has 0 aliphatic rings. The van der Waals surface area contributed by atoms with Crippen molar-refractivity contribution in [3.63, 3.8) is 0 Å². The average molecular weight is 211 g/mol. The summed E-state index contributed by atoms with van der Waals surface area (Å²) in [7, 11) is 0. The second kappa shape index (κ2) is 5.85. The number of hydrogen-bond acceptors (Lipinski definition) is 4. The Morgan fingerprint density at radius 1 is 1.33 bits per heavy atom. The lowest BCUT2D eigenvalue weighted by atomic mass is 9.98. The Morgan fingerprint density at radius 2 is 2.07 bits per heavy atom. The molecular weight excluding hydrogens is 190 g/mol. The minimum atomic E-state index is 0.317. The summed E-state index contributed by atoms with van der Waals surface area (Å²) < 4.78 is 5.27. The van der Waals surface area contributed by atoms with Crippen molar-refractivity contribution in [2.45, 2.75) is 52.5 Å². The van der Waals surface area contributed by atoms with Gasteiger partial charge in [-0.2, -0.15) is 4.98 Å². The maximum absolute atomic E-state index is 5.27. The predicted molar refractivity (Wildman–Crippen MR) is 59.8 cm³/mol. The van der Waals surface area contributed by atoms with Gasteiger partial charge in [-0.05, 0) is 19.9 Å². The molecule has 1 N–H and O–H groups in total. The first-order chi connectivity index (χ1) is 7.22. The predicted octanol–water partition coefficient (Wildman–Crippen LogP) is 2.12. The highest BCUT2D eigenvalue weighted by Crippen LogP contribution is 2.21. The summed E-state index contributed by atoms with van der Waals surface area (Å²) in [6.07, 6.45) is 1.84. The molecule has 0 spiro atoms. The average Bonchev–Trinajstić information content (AvgIpc) is 2.68. The smallest absolute Gasteiger partial charge is 0.231 e. The fraction of sp³-hybridized carbons (Fsp3) is 0.818. The lowest BCUT2D eigenvalue weighted by molar-refractivity contribution is 0.316. The Kier molecular flexibility index (Phi) is 4.75. The van der Waals surface area contributed by atoms with E-state index in [0.29, 0.717) is 12.0 Å². The quantitative estimate of drug-likeness (QED) is 0.783. The molecule has 0 saturated heterocycles. The van der Waals surface area contributed by atoms with Crippen molar-refractivity contribution in [1.82, 2.24) is 15.5 Å². The summed E-state index contributed by atoms with van der Waals surface area (Å²) in [5.41, 5.74) is 0. The molecule has 2 atom stereocenters. The normalized spacial score (nSPS) is 15.2. The summed E-state index contributed by atoms with van der Waals surface area (Å²) >= 11 is 0. The van der Waals surface area contributed by atoms with Crippen LogP contribution in [0.1, 0.15) is 51.7 Å². The van der Waals surface area contributed by atoms with E-state index in [-0.39, 0.29) is 0 Å². The highest BCUT2D eigenvalue weighted by atomic mass is 16.5. The lowest BCUT2D eigenvalue weighted by Crippen LogP contribution is -2.31. The molecular formula is C11H21N3O. The van der Waals surface area contributed by atoms with E-state index >= 15 is 0 Å². The molecule has 2 unspecified atom stereocenters. The van der Waals surface area contributed by atoms with E-state index in [9.17, 15) is 0 Å². The van der Waals surface area contributed by atoms with Crippen LogP contribution in [-0.4, -0.2) is 22.7 Å². The van der Waals surface area contributed by atoms with Gasteiger partial charge in [0.05, 0.1) is 5.92 Å². The van der Waals surface area contributed by atoms with Gasteiger partial charge in [0, 0.05) is 12.5 Å². The zero-order valence-electron chi connectivity index (χ0n) is 10.1. The zero-order valence-corrected chi connectivity index (χ0v) is 10.1. The van der Waals surface area contributed by atoms with Crippen molar-refractivity contribution in [3.8, 4) is 0 Å². The van der Waals surface area contributed by atoms with E-state index in [2.05, 4.69) is 36.2 Å². The van der Waals surface area contributed by atoms with Gasteiger partial charge in [0.1, 0.15) is 0 Å². The molecule has 0 aliphatic carbocycles. The maximum atomic E-state index is 5.27. The Hall–Kier alpha value is -0.900.